The molecule has 0 bridgehead atoms. The van der Waals surface area contributed by atoms with Crippen LogP contribution in [0.3, 0.4) is 0 Å². The summed E-state index contributed by atoms with van der Waals surface area (Å²) in [7, 11) is 0. The zero-order valence-corrected chi connectivity index (χ0v) is 7.29. The van der Waals surface area contributed by atoms with E-state index in [2.05, 4.69) is 11.9 Å². The molecule has 0 fully saturated rings. The number of carbonyl (C=O) groups is 1. The standard InChI is InChI=1S/C10H13NO/c1-2-3-4-10(12)9-5-7-11-8-6-9/h5-8H,2-4H2,1H3. The molecular weight excluding hydrogens is 150 g/mol. The molecule has 0 N–H and O–H groups in total. The van der Waals surface area contributed by atoms with Crippen molar-refractivity contribution in [2.75, 3.05) is 0 Å². The lowest BCUT2D eigenvalue weighted by Gasteiger charge is -1.97. The minimum Gasteiger partial charge on any atom is -0.294 e. The maximum absolute atomic E-state index is 11.4. The molecule has 0 atom stereocenters. The Hall–Kier alpha value is -1.18. The minimum atomic E-state index is 0.222. The van der Waals surface area contributed by atoms with Gasteiger partial charge in [-0.15, -0.1) is 0 Å². The zero-order chi connectivity index (χ0) is 8.81. The third-order valence-electron chi connectivity index (χ3n) is 1.76. The van der Waals surface area contributed by atoms with E-state index in [-0.39, 0.29) is 5.78 Å². The molecule has 0 amide bonds. The smallest absolute Gasteiger partial charge is 0.162 e. The van der Waals surface area contributed by atoms with Crippen molar-refractivity contribution in [2.45, 2.75) is 26.2 Å². The Morgan fingerprint density at radius 3 is 2.67 bits per heavy atom. The first-order valence-corrected chi connectivity index (χ1v) is 4.28. The molecular formula is C10H13NO. The van der Waals surface area contributed by atoms with Crippen LogP contribution in [0.4, 0.5) is 0 Å². The van der Waals surface area contributed by atoms with E-state index >= 15 is 0 Å². The Morgan fingerprint density at radius 1 is 1.42 bits per heavy atom. The van der Waals surface area contributed by atoms with E-state index in [1.54, 1.807) is 24.5 Å². The molecule has 0 aromatic carbocycles. The second kappa shape index (κ2) is 4.65. The number of rotatable bonds is 4. The quantitative estimate of drug-likeness (QED) is 0.638. The Balaban J connectivity index is 2.54. The number of aromatic nitrogens is 1. The summed E-state index contributed by atoms with van der Waals surface area (Å²) in [5, 5.41) is 0. The van der Waals surface area contributed by atoms with Crippen LogP contribution in [0.5, 0.6) is 0 Å². The highest BCUT2D eigenvalue weighted by Gasteiger charge is 2.02. The van der Waals surface area contributed by atoms with Gasteiger partial charge in [-0.05, 0) is 18.6 Å². The fourth-order valence-electron chi connectivity index (χ4n) is 1.02. The zero-order valence-electron chi connectivity index (χ0n) is 7.29. The largest absolute Gasteiger partial charge is 0.294 e. The summed E-state index contributed by atoms with van der Waals surface area (Å²) in [5.74, 6) is 0.222. The lowest BCUT2D eigenvalue weighted by atomic mass is 10.1. The van der Waals surface area contributed by atoms with Gasteiger partial charge >= 0.3 is 0 Å². The molecule has 12 heavy (non-hydrogen) atoms. The van der Waals surface area contributed by atoms with Crippen LogP contribution in [0.1, 0.15) is 36.5 Å². The number of carbonyl (C=O) groups excluding carboxylic acids is 1. The predicted molar refractivity (Wildman–Crippen MR) is 48.1 cm³/mol. The fraction of sp³-hybridized carbons (Fsp3) is 0.400. The average Bonchev–Trinajstić information content (AvgIpc) is 2.15. The molecule has 0 unspecified atom stereocenters. The second-order valence-corrected chi connectivity index (χ2v) is 2.76. The Morgan fingerprint density at radius 2 is 2.08 bits per heavy atom. The molecule has 1 aromatic rings. The van der Waals surface area contributed by atoms with Crippen molar-refractivity contribution in [3.63, 3.8) is 0 Å². The molecule has 0 radical (unpaired) electrons. The molecule has 1 aromatic heterocycles. The van der Waals surface area contributed by atoms with Gasteiger partial charge in [-0.25, -0.2) is 0 Å². The predicted octanol–water partition coefficient (Wildman–Crippen LogP) is 2.45. The van der Waals surface area contributed by atoms with Crippen molar-refractivity contribution in [1.82, 2.24) is 4.98 Å². The van der Waals surface area contributed by atoms with Gasteiger partial charge in [0.1, 0.15) is 0 Å². The topological polar surface area (TPSA) is 30.0 Å². The van der Waals surface area contributed by atoms with Gasteiger partial charge in [-0.2, -0.15) is 0 Å². The van der Waals surface area contributed by atoms with E-state index < -0.39 is 0 Å². The van der Waals surface area contributed by atoms with E-state index in [9.17, 15) is 4.79 Å². The number of Topliss-reactive ketones (excluding diaryl/α,β-unsaturated/α-hetero) is 1. The van der Waals surface area contributed by atoms with E-state index in [4.69, 9.17) is 0 Å². The summed E-state index contributed by atoms with van der Waals surface area (Å²) in [4.78, 5) is 15.2. The van der Waals surface area contributed by atoms with Crippen LogP contribution in [0.2, 0.25) is 0 Å². The van der Waals surface area contributed by atoms with Gasteiger partial charge < -0.3 is 0 Å². The highest BCUT2D eigenvalue weighted by molar-refractivity contribution is 5.95. The average molecular weight is 163 g/mol. The highest BCUT2D eigenvalue weighted by Crippen LogP contribution is 2.04. The third kappa shape index (κ3) is 2.46. The molecule has 0 aliphatic rings. The van der Waals surface area contributed by atoms with Gasteiger partial charge in [0.15, 0.2) is 5.78 Å². The SMILES string of the molecule is CCCCC(=O)c1ccncc1. The van der Waals surface area contributed by atoms with E-state index in [1.165, 1.54) is 0 Å². The van der Waals surface area contributed by atoms with Gasteiger partial charge in [0, 0.05) is 24.4 Å². The normalized spacial score (nSPS) is 9.75. The monoisotopic (exact) mass is 163 g/mol. The van der Waals surface area contributed by atoms with Gasteiger partial charge in [0.2, 0.25) is 0 Å². The summed E-state index contributed by atoms with van der Waals surface area (Å²) < 4.78 is 0. The Bertz CT molecular complexity index is 243. The van der Waals surface area contributed by atoms with Crippen LogP contribution in [0, 0.1) is 0 Å². The van der Waals surface area contributed by atoms with Gasteiger partial charge in [0.25, 0.3) is 0 Å². The summed E-state index contributed by atoms with van der Waals surface area (Å²) in [6.45, 7) is 2.08. The molecule has 0 aliphatic carbocycles. The van der Waals surface area contributed by atoms with Crippen LogP contribution in [0.25, 0.3) is 0 Å². The summed E-state index contributed by atoms with van der Waals surface area (Å²) in [5.41, 5.74) is 0.776. The number of nitrogens with zero attached hydrogens (tertiary/aromatic N) is 1. The first-order chi connectivity index (χ1) is 5.84. The van der Waals surface area contributed by atoms with E-state index in [1.807, 2.05) is 0 Å². The number of ketones is 1. The molecule has 0 spiro atoms. The molecule has 1 rings (SSSR count). The van der Waals surface area contributed by atoms with E-state index in [0.717, 1.165) is 18.4 Å². The summed E-state index contributed by atoms with van der Waals surface area (Å²) in [6, 6.07) is 3.52. The van der Waals surface area contributed by atoms with Crippen LogP contribution in [-0.4, -0.2) is 10.8 Å². The Labute approximate surface area is 72.6 Å². The van der Waals surface area contributed by atoms with Crippen molar-refractivity contribution in [3.05, 3.63) is 30.1 Å². The number of hydrogen-bond donors (Lipinski definition) is 0. The van der Waals surface area contributed by atoms with Crippen molar-refractivity contribution in [3.8, 4) is 0 Å². The molecule has 2 heteroatoms. The third-order valence-corrected chi connectivity index (χ3v) is 1.76. The van der Waals surface area contributed by atoms with Crippen LogP contribution < -0.4 is 0 Å². The van der Waals surface area contributed by atoms with Crippen molar-refractivity contribution in [1.29, 1.82) is 0 Å². The number of pyridine rings is 1. The number of unbranched alkanes of at least 4 members (excludes halogenated alkanes) is 1. The van der Waals surface area contributed by atoms with Crippen molar-refractivity contribution < 1.29 is 4.79 Å². The van der Waals surface area contributed by atoms with Gasteiger partial charge in [0.05, 0.1) is 0 Å². The van der Waals surface area contributed by atoms with E-state index in [0.29, 0.717) is 6.42 Å². The first kappa shape index (κ1) is 8.91. The summed E-state index contributed by atoms with van der Waals surface area (Å²) in [6.07, 6.45) is 6.00. The molecule has 2 nitrogen and oxygen atoms in total. The molecule has 0 aliphatic heterocycles. The summed E-state index contributed by atoms with van der Waals surface area (Å²) >= 11 is 0. The second-order valence-electron chi connectivity index (χ2n) is 2.76. The molecule has 0 saturated heterocycles. The van der Waals surface area contributed by atoms with Crippen molar-refractivity contribution in [2.24, 2.45) is 0 Å². The number of hydrogen-bond acceptors (Lipinski definition) is 2. The first-order valence-electron chi connectivity index (χ1n) is 4.28. The fourth-order valence-corrected chi connectivity index (χ4v) is 1.02. The molecule has 1 heterocycles. The van der Waals surface area contributed by atoms with Gasteiger partial charge in [-0.1, -0.05) is 13.3 Å². The lowest BCUT2D eigenvalue weighted by Crippen LogP contribution is -1.97. The van der Waals surface area contributed by atoms with Gasteiger partial charge in [-0.3, -0.25) is 9.78 Å². The van der Waals surface area contributed by atoms with Crippen LogP contribution in [0.15, 0.2) is 24.5 Å². The molecule has 0 saturated carbocycles. The lowest BCUT2D eigenvalue weighted by molar-refractivity contribution is 0.0979. The maximum Gasteiger partial charge on any atom is 0.162 e. The van der Waals surface area contributed by atoms with Crippen molar-refractivity contribution >= 4 is 5.78 Å². The molecule has 64 valence electrons. The maximum atomic E-state index is 11.4. The van der Waals surface area contributed by atoms with Crippen LogP contribution in [-0.2, 0) is 0 Å². The highest BCUT2D eigenvalue weighted by atomic mass is 16.1. The van der Waals surface area contributed by atoms with Crippen LogP contribution >= 0.6 is 0 Å². The minimum absolute atomic E-state index is 0.222. The Kier molecular flexibility index (Phi) is 3.45.